The molecule has 0 saturated heterocycles. The molecule has 0 spiro atoms. The molecular weight excluding hydrogens is 542 g/mol. The summed E-state index contributed by atoms with van der Waals surface area (Å²) in [6.07, 6.45) is 1.41. The van der Waals surface area contributed by atoms with E-state index in [9.17, 15) is 14.4 Å². The predicted octanol–water partition coefficient (Wildman–Crippen LogP) is 4.35. The topological polar surface area (TPSA) is 115 Å². The van der Waals surface area contributed by atoms with Crippen LogP contribution < -0.4 is 25.0 Å². The number of carbonyl (C=O) groups is 3. The van der Waals surface area contributed by atoms with Crippen LogP contribution in [0.1, 0.15) is 40.1 Å². The van der Waals surface area contributed by atoms with Crippen LogP contribution in [0.5, 0.6) is 17.2 Å². The Labute approximate surface area is 222 Å². The largest absolute Gasteiger partial charge is 0.494 e. The van der Waals surface area contributed by atoms with Crippen molar-refractivity contribution in [3.63, 3.8) is 0 Å². The Bertz CT molecular complexity index is 1280. The number of esters is 1. The second kappa shape index (κ2) is 13.8. The van der Waals surface area contributed by atoms with E-state index in [2.05, 4.69) is 31.8 Å². The van der Waals surface area contributed by atoms with Gasteiger partial charge in [0.05, 0.1) is 31.5 Å². The fourth-order valence-corrected chi connectivity index (χ4v) is 3.48. The summed E-state index contributed by atoms with van der Waals surface area (Å²) >= 11 is 3.30. The zero-order chi connectivity index (χ0) is 26.6. The van der Waals surface area contributed by atoms with Crippen molar-refractivity contribution in [3.05, 3.63) is 87.9 Å². The van der Waals surface area contributed by atoms with Gasteiger partial charge < -0.3 is 19.5 Å². The molecule has 0 atom stereocenters. The van der Waals surface area contributed by atoms with Crippen LogP contribution in [0.25, 0.3) is 0 Å². The Balaban J connectivity index is 1.56. The maximum Gasteiger partial charge on any atom is 0.343 e. The summed E-state index contributed by atoms with van der Waals surface area (Å²) in [5.41, 5.74) is 3.75. The Hall–Kier alpha value is -4.18. The lowest BCUT2D eigenvalue weighted by molar-refractivity contribution is -0.120. The molecule has 192 valence electrons. The van der Waals surface area contributed by atoms with Crippen LogP contribution in [0, 0.1) is 0 Å². The fourth-order valence-electron chi connectivity index (χ4n) is 3.08. The number of hydrogen-bond acceptors (Lipinski definition) is 7. The highest BCUT2D eigenvalue weighted by Crippen LogP contribution is 2.29. The number of rotatable bonds is 11. The standard InChI is InChI=1S/C27H26BrN3O6/c1-3-35-22-11-9-19(10-12-22)27(34)37-23-13-8-18(14-24(23)36-4-2)16-30-31-25(32)17-29-26(33)20-6-5-7-21(28)15-20/h5-16H,3-4,17H2,1-2H3,(H,29,33)(H,31,32)/b30-16-. The van der Waals surface area contributed by atoms with Crippen LogP contribution in [0.2, 0.25) is 0 Å². The van der Waals surface area contributed by atoms with Crippen LogP contribution in [0.15, 0.2) is 76.3 Å². The van der Waals surface area contributed by atoms with E-state index in [1.165, 1.54) is 6.21 Å². The summed E-state index contributed by atoms with van der Waals surface area (Å²) in [6.45, 7) is 4.33. The van der Waals surface area contributed by atoms with E-state index in [-0.39, 0.29) is 18.2 Å². The van der Waals surface area contributed by atoms with Gasteiger partial charge in [0.1, 0.15) is 5.75 Å². The minimum absolute atomic E-state index is 0.243. The molecule has 0 unspecified atom stereocenters. The number of hydrogen-bond donors (Lipinski definition) is 2. The zero-order valence-corrected chi connectivity index (χ0v) is 21.9. The maximum atomic E-state index is 12.6. The quantitative estimate of drug-likeness (QED) is 0.154. The van der Waals surface area contributed by atoms with Gasteiger partial charge in [-0.2, -0.15) is 5.10 Å². The van der Waals surface area contributed by atoms with Gasteiger partial charge in [-0.25, -0.2) is 10.2 Å². The van der Waals surface area contributed by atoms with Gasteiger partial charge in [-0.3, -0.25) is 9.59 Å². The highest BCUT2D eigenvalue weighted by molar-refractivity contribution is 9.10. The third kappa shape index (κ3) is 8.46. The molecule has 0 bridgehead atoms. The number of carbonyl (C=O) groups excluding carboxylic acids is 3. The highest BCUT2D eigenvalue weighted by atomic mass is 79.9. The fraction of sp³-hybridized carbons (Fsp3) is 0.185. The van der Waals surface area contributed by atoms with Crippen LogP contribution >= 0.6 is 15.9 Å². The zero-order valence-electron chi connectivity index (χ0n) is 20.3. The lowest BCUT2D eigenvalue weighted by atomic mass is 10.2. The molecule has 0 fully saturated rings. The van der Waals surface area contributed by atoms with Gasteiger partial charge in [0.15, 0.2) is 11.5 Å². The van der Waals surface area contributed by atoms with E-state index < -0.39 is 11.9 Å². The molecule has 0 radical (unpaired) electrons. The van der Waals surface area contributed by atoms with Crippen LogP contribution in [-0.4, -0.2) is 43.8 Å². The molecule has 0 aliphatic heterocycles. The SMILES string of the molecule is CCOc1ccc(C(=O)Oc2ccc(/C=N\NC(=O)CNC(=O)c3cccc(Br)c3)cc2OCC)cc1. The van der Waals surface area contributed by atoms with E-state index in [4.69, 9.17) is 14.2 Å². The average molecular weight is 568 g/mol. The average Bonchev–Trinajstić information content (AvgIpc) is 2.89. The van der Waals surface area contributed by atoms with Crippen LogP contribution in [-0.2, 0) is 4.79 Å². The molecule has 0 aliphatic rings. The van der Waals surface area contributed by atoms with Crippen molar-refractivity contribution in [1.82, 2.24) is 10.7 Å². The Morgan fingerprint density at radius 3 is 2.35 bits per heavy atom. The Morgan fingerprint density at radius 2 is 1.65 bits per heavy atom. The molecule has 0 aliphatic carbocycles. The molecule has 3 aromatic carbocycles. The summed E-state index contributed by atoms with van der Waals surface area (Å²) in [4.78, 5) is 36.7. The molecule has 2 N–H and O–H groups in total. The monoisotopic (exact) mass is 567 g/mol. The predicted molar refractivity (Wildman–Crippen MR) is 142 cm³/mol. The molecule has 3 aromatic rings. The van der Waals surface area contributed by atoms with E-state index in [1.807, 2.05) is 13.8 Å². The molecule has 9 nitrogen and oxygen atoms in total. The van der Waals surface area contributed by atoms with Crippen molar-refractivity contribution < 1.29 is 28.6 Å². The van der Waals surface area contributed by atoms with E-state index in [0.29, 0.717) is 41.4 Å². The highest BCUT2D eigenvalue weighted by Gasteiger charge is 2.14. The van der Waals surface area contributed by atoms with Gasteiger partial charge in [0.25, 0.3) is 11.8 Å². The number of halogens is 1. The molecule has 2 amide bonds. The third-order valence-corrected chi connectivity index (χ3v) is 5.26. The number of benzene rings is 3. The first kappa shape index (κ1) is 27.4. The lowest BCUT2D eigenvalue weighted by Gasteiger charge is -2.11. The summed E-state index contributed by atoms with van der Waals surface area (Å²) in [5, 5.41) is 6.44. The van der Waals surface area contributed by atoms with Crippen molar-refractivity contribution in [2.45, 2.75) is 13.8 Å². The van der Waals surface area contributed by atoms with E-state index >= 15 is 0 Å². The minimum atomic E-state index is -0.539. The van der Waals surface area contributed by atoms with Crippen molar-refractivity contribution in [2.75, 3.05) is 19.8 Å². The maximum absolute atomic E-state index is 12.6. The summed E-state index contributed by atoms with van der Waals surface area (Å²) in [7, 11) is 0. The van der Waals surface area contributed by atoms with E-state index in [0.717, 1.165) is 4.47 Å². The first-order valence-corrected chi connectivity index (χ1v) is 12.3. The molecule has 3 rings (SSSR count). The van der Waals surface area contributed by atoms with Gasteiger partial charge in [-0.1, -0.05) is 22.0 Å². The second-order valence-corrected chi connectivity index (χ2v) is 8.39. The first-order valence-electron chi connectivity index (χ1n) is 11.5. The summed E-state index contributed by atoms with van der Waals surface area (Å²) in [6, 6.07) is 18.3. The van der Waals surface area contributed by atoms with Crippen molar-refractivity contribution in [3.8, 4) is 17.2 Å². The Kier molecular flexibility index (Phi) is 10.2. The number of nitrogens with one attached hydrogen (secondary N) is 2. The third-order valence-electron chi connectivity index (χ3n) is 4.77. The second-order valence-electron chi connectivity index (χ2n) is 7.47. The van der Waals surface area contributed by atoms with Gasteiger partial charge in [-0.05, 0) is 80.1 Å². The number of nitrogens with zero attached hydrogens (tertiary/aromatic N) is 1. The number of hydrazone groups is 1. The van der Waals surface area contributed by atoms with Crippen molar-refractivity contribution >= 4 is 39.9 Å². The van der Waals surface area contributed by atoms with Crippen LogP contribution in [0.4, 0.5) is 0 Å². The van der Waals surface area contributed by atoms with Crippen molar-refractivity contribution in [2.24, 2.45) is 5.10 Å². The normalized spacial score (nSPS) is 10.6. The molecular formula is C27H26BrN3O6. The molecule has 0 aromatic heterocycles. The molecule has 0 saturated carbocycles. The van der Waals surface area contributed by atoms with Gasteiger partial charge in [-0.15, -0.1) is 0 Å². The number of ether oxygens (including phenoxy) is 3. The van der Waals surface area contributed by atoms with Gasteiger partial charge in [0, 0.05) is 10.0 Å². The van der Waals surface area contributed by atoms with Crippen LogP contribution in [0.3, 0.4) is 0 Å². The summed E-state index contributed by atoms with van der Waals surface area (Å²) < 4.78 is 17.3. The van der Waals surface area contributed by atoms with E-state index in [1.54, 1.807) is 66.7 Å². The van der Waals surface area contributed by atoms with Crippen molar-refractivity contribution in [1.29, 1.82) is 0 Å². The smallest absolute Gasteiger partial charge is 0.343 e. The summed E-state index contributed by atoms with van der Waals surface area (Å²) in [5.74, 6) is -0.155. The minimum Gasteiger partial charge on any atom is -0.494 e. The number of amides is 2. The van der Waals surface area contributed by atoms with Gasteiger partial charge in [0.2, 0.25) is 0 Å². The first-order chi connectivity index (χ1) is 17.9. The lowest BCUT2D eigenvalue weighted by Crippen LogP contribution is -2.34. The molecule has 0 heterocycles. The van der Waals surface area contributed by atoms with Gasteiger partial charge >= 0.3 is 5.97 Å². The molecule has 10 heteroatoms. The molecule has 37 heavy (non-hydrogen) atoms. The Morgan fingerprint density at radius 1 is 0.892 bits per heavy atom.